The summed E-state index contributed by atoms with van der Waals surface area (Å²) in [4.78, 5) is 17.9. The first-order valence-corrected chi connectivity index (χ1v) is 7.96. The van der Waals surface area contributed by atoms with Gasteiger partial charge in [0.25, 0.3) is 0 Å². The molecule has 1 amide bonds. The number of nitrogens with zero attached hydrogens (tertiary/aromatic N) is 2. The van der Waals surface area contributed by atoms with Crippen molar-refractivity contribution in [2.45, 2.75) is 33.0 Å². The van der Waals surface area contributed by atoms with E-state index in [-0.39, 0.29) is 6.54 Å². The molecule has 0 saturated carbocycles. The van der Waals surface area contributed by atoms with E-state index in [1.807, 2.05) is 30.3 Å². The lowest BCUT2D eigenvalue weighted by Gasteiger charge is -2.25. The Balaban J connectivity index is 2.13. The quantitative estimate of drug-likeness (QED) is 0.772. The first kappa shape index (κ1) is 18.3. The summed E-state index contributed by atoms with van der Waals surface area (Å²) in [6, 6.07) is 13.2. The number of carbonyl (C=O) groups excluding carboxylic acids is 1. The summed E-state index contributed by atoms with van der Waals surface area (Å²) in [5.41, 5.74) is 0.430. The summed E-state index contributed by atoms with van der Waals surface area (Å²) < 4.78 is 11.2. The van der Waals surface area contributed by atoms with Crippen LogP contribution >= 0.6 is 0 Å². The summed E-state index contributed by atoms with van der Waals surface area (Å²) in [5.74, 6) is 3.44. The molecule has 5 nitrogen and oxygen atoms in total. The Bertz CT molecular complexity index is 746. The van der Waals surface area contributed by atoms with Gasteiger partial charge in [0.05, 0.1) is 6.54 Å². The number of hydrogen-bond donors (Lipinski definition) is 0. The van der Waals surface area contributed by atoms with Crippen LogP contribution in [0, 0.1) is 12.3 Å². The van der Waals surface area contributed by atoms with Crippen molar-refractivity contribution in [3.05, 3.63) is 54.2 Å². The molecule has 0 fully saturated rings. The zero-order valence-corrected chi connectivity index (χ0v) is 14.7. The molecule has 1 aromatic carbocycles. The number of anilines is 1. The van der Waals surface area contributed by atoms with Crippen molar-refractivity contribution in [1.29, 1.82) is 0 Å². The van der Waals surface area contributed by atoms with E-state index in [4.69, 9.17) is 15.9 Å². The first-order chi connectivity index (χ1) is 11.9. The second-order valence-electron chi connectivity index (χ2n) is 6.39. The average molecular weight is 338 g/mol. The molecule has 0 bridgehead atoms. The lowest BCUT2D eigenvalue weighted by atomic mass is 10.2. The van der Waals surface area contributed by atoms with E-state index in [1.165, 1.54) is 4.90 Å². The molecule has 2 rings (SSSR count). The zero-order chi connectivity index (χ0) is 18.3. The van der Waals surface area contributed by atoms with Gasteiger partial charge >= 0.3 is 6.09 Å². The Hall–Kier alpha value is -3.00. The minimum atomic E-state index is -0.620. The lowest BCUT2D eigenvalue weighted by molar-refractivity contribution is 0.0584. The largest absolute Gasteiger partial charge is 0.489 e. The van der Waals surface area contributed by atoms with Crippen LogP contribution in [-0.4, -0.2) is 23.2 Å². The maximum absolute atomic E-state index is 12.4. The van der Waals surface area contributed by atoms with E-state index in [2.05, 4.69) is 10.9 Å². The second-order valence-corrected chi connectivity index (χ2v) is 6.39. The van der Waals surface area contributed by atoms with Crippen molar-refractivity contribution in [2.75, 3.05) is 11.4 Å². The van der Waals surface area contributed by atoms with Crippen LogP contribution in [0.15, 0.2) is 48.7 Å². The lowest BCUT2D eigenvalue weighted by Crippen LogP contribution is -2.37. The monoisotopic (exact) mass is 338 g/mol. The molecule has 0 atom stereocenters. The minimum Gasteiger partial charge on any atom is -0.489 e. The van der Waals surface area contributed by atoms with Crippen LogP contribution in [0.1, 0.15) is 26.3 Å². The summed E-state index contributed by atoms with van der Waals surface area (Å²) in [6.07, 6.45) is 6.41. The van der Waals surface area contributed by atoms with E-state index in [0.717, 1.165) is 5.56 Å². The van der Waals surface area contributed by atoms with Crippen molar-refractivity contribution >= 4 is 11.9 Å². The molecule has 0 aliphatic heterocycles. The number of rotatable bonds is 5. The van der Waals surface area contributed by atoms with Gasteiger partial charge < -0.3 is 9.47 Å². The highest BCUT2D eigenvalue weighted by Gasteiger charge is 2.24. The van der Waals surface area contributed by atoms with E-state index < -0.39 is 11.7 Å². The van der Waals surface area contributed by atoms with Crippen LogP contribution in [0.25, 0.3) is 0 Å². The van der Waals surface area contributed by atoms with E-state index in [0.29, 0.717) is 18.2 Å². The number of terminal acetylenes is 1. The van der Waals surface area contributed by atoms with Gasteiger partial charge in [-0.05, 0) is 32.4 Å². The number of aromatic nitrogens is 1. The third-order valence-corrected chi connectivity index (χ3v) is 3.11. The second kappa shape index (κ2) is 8.20. The van der Waals surface area contributed by atoms with Gasteiger partial charge in [0.2, 0.25) is 0 Å². The van der Waals surface area contributed by atoms with Gasteiger partial charge in [-0.15, -0.1) is 6.42 Å². The number of ether oxygens (including phenoxy) is 2. The van der Waals surface area contributed by atoms with Gasteiger partial charge in [0, 0.05) is 12.3 Å². The Kier molecular flexibility index (Phi) is 6.02. The van der Waals surface area contributed by atoms with E-state index >= 15 is 0 Å². The maximum Gasteiger partial charge on any atom is 0.416 e. The van der Waals surface area contributed by atoms with Gasteiger partial charge in [-0.25, -0.2) is 14.7 Å². The summed E-state index contributed by atoms with van der Waals surface area (Å²) in [6.45, 7) is 5.87. The minimum absolute atomic E-state index is 0.0596. The van der Waals surface area contributed by atoms with Gasteiger partial charge in [-0.3, -0.25) is 0 Å². The van der Waals surface area contributed by atoms with Crippen LogP contribution in [0.4, 0.5) is 10.6 Å². The molecule has 1 aromatic heterocycles. The molecule has 0 unspecified atom stereocenters. The smallest absolute Gasteiger partial charge is 0.416 e. The summed E-state index contributed by atoms with van der Waals surface area (Å²) >= 11 is 0. The highest BCUT2D eigenvalue weighted by molar-refractivity contribution is 5.87. The van der Waals surface area contributed by atoms with Crippen molar-refractivity contribution in [3.63, 3.8) is 0 Å². The average Bonchev–Trinajstić information content (AvgIpc) is 2.57. The molecule has 0 aliphatic carbocycles. The normalized spacial score (nSPS) is 10.6. The SMILES string of the molecule is C#CCN(C(=O)OC(C)(C)C)c1cc(OCc2ccccc2)ccn1. The molecule has 0 N–H and O–H groups in total. The topological polar surface area (TPSA) is 51.7 Å². The third kappa shape index (κ3) is 5.85. The highest BCUT2D eigenvalue weighted by atomic mass is 16.6. The van der Waals surface area contributed by atoms with Crippen molar-refractivity contribution in [2.24, 2.45) is 0 Å². The molecule has 0 aliphatic rings. The van der Waals surface area contributed by atoms with Gasteiger partial charge in [0.15, 0.2) is 0 Å². The number of carbonyl (C=O) groups is 1. The van der Waals surface area contributed by atoms with E-state index in [9.17, 15) is 4.79 Å². The van der Waals surface area contributed by atoms with E-state index in [1.54, 1.807) is 39.1 Å². The predicted octanol–water partition coefficient (Wildman–Crippen LogP) is 4.04. The molecular formula is C20H22N2O3. The molecule has 2 aromatic rings. The van der Waals surface area contributed by atoms with Crippen LogP contribution < -0.4 is 9.64 Å². The standard InChI is InChI=1S/C20H22N2O3/c1-5-13-22(19(23)25-20(2,3)4)18-14-17(11-12-21-18)24-15-16-9-7-6-8-10-16/h1,6-12,14H,13,15H2,2-4H3. The van der Waals surface area contributed by atoms with Crippen LogP contribution in [0.5, 0.6) is 5.75 Å². The van der Waals surface area contributed by atoms with Crippen molar-refractivity contribution in [1.82, 2.24) is 4.98 Å². The van der Waals surface area contributed by atoms with Crippen LogP contribution in [0.2, 0.25) is 0 Å². The molecule has 25 heavy (non-hydrogen) atoms. The molecule has 0 saturated heterocycles. The van der Waals surface area contributed by atoms with Crippen LogP contribution in [0.3, 0.4) is 0 Å². The van der Waals surface area contributed by atoms with Crippen molar-refractivity contribution in [3.8, 4) is 18.1 Å². The predicted molar refractivity (Wildman–Crippen MR) is 97.4 cm³/mol. The Morgan fingerprint density at radius 3 is 2.60 bits per heavy atom. The van der Waals surface area contributed by atoms with Gasteiger partial charge in [0.1, 0.15) is 23.8 Å². The molecule has 1 heterocycles. The zero-order valence-electron chi connectivity index (χ0n) is 14.7. The van der Waals surface area contributed by atoms with Gasteiger partial charge in [-0.1, -0.05) is 36.3 Å². The van der Waals surface area contributed by atoms with Gasteiger partial charge in [-0.2, -0.15) is 0 Å². The molecule has 130 valence electrons. The molecular weight excluding hydrogens is 316 g/mol. The molecule has 0 spiro atoms. The summed E-state index contributed by atoms with van der Waals surface area (Å²) in [7, 11) is 0. The molecule has 0 radical (unpaired) electrons. The molecule has 5 heteroatoms. The highest BCUT2D eigenvalue weighted by Crippen LogP contribution is 2.21. The first-order valence-electron chi connectivity index (χ1n) is 7.96. The Morgan fingerprint density at radius 1 is 1.24 bits per heavy atom. The summed E-state index contributed by atoms with van der Waals surface area (Å²) in [5, 5.41) is 0. The number of pyridine rings is 1. The fourth-order valence-corrected chi connectivity index (χ4v) is 2.03. The Labute approximate surface area is 148 Å². The fourth-order valence-electron chi connectivity index (χ4n) is 2.03. The number of benzene rings is 1. The maximum atomic E-state index is 12.4. The van der Waals surface area contributed by atoms with Crippen molar-refractivity contribution < 1.29 is 14.3 Å². The third-order valence-electron chi connectivity index (χ3n) is 3.11. The Morgan fingerprint density at radius 2 is 1.96 bits per heavy atom. The number of hydrogen-bond acceptors (Lipinski definition) is 4. The fraction of sp³-hybridized carbons (Fsp3) is 0.300. The number of amides is 1. The van der Waals surface area contributed by atoms with Crippen LogP contribution in [-0.2, 0) is 11.3 Å².